The monoisotopic (exact) mass is 448 g/mol. The number of thioether (sulfide) groups is 1. The molecule has 0 saturated heterocycles. The summed E-state index contributed by atoms with van der Waals surface area (Å²) in [6, 6.07) is 14.5. The Morgan fingerprint density at radius 2 is 1.77 bits per heavy atom. The van der Waals surface area contributed by atoms with Crippen LogP contribution < -0.4 is 10.2 Å². The van der Waals surface area contributed by atoms with Crippen molar-refractivity contribution in [2.45, 2.75) is 32.1 Å². The minimum atomic E-state index is -0.542. The van der Waals surface area contributed by atoms with Gasteiger partial charge in [0.2, 0.25) is 5.91 Å². The molecular formula is C22H25ClN2O4S. The zero-order valence-corrected chi connectivity index (χ0v) is 18.8. The van der Waals surface area contributed by atoms with E-state index in [0.29, 0.717) is 16.5 Å². The number of nitrogens with zero attached hydrogens (tertiary/aromatic N) is 1. The molecule has 0 aromatic heterocycles. The van der Waals surface area contributed by atoms with Gasteiger partial charge in [0.05, 0.1) is 12.0 Å². The van der Waals surface area contributed by atoms with Crippen LogP contribution >= 0.6 is 23.4 Å². The first kappa shape index (κ1) is 23.8. The predicted octanol–water partition coefficient (Wildman–Crippen LogP) is 4.44. The lowest BCUT2D eigenvalue weighted by Crippen LogP contribution is -2.27. The summed E-state index contributed by atoms with van der Waals surface area (Å²) in [5.74, 6) is 0.962. The van der Waals surface area contributed by atoms with Crippen LogP contribution in [0.4, 0.5) is 0 Å². The number of carbonyl (C=O) groups is 2. The van der Waals surface area contributed by atoms with Crippen LogP contribution in [0.15, 0.2) is 53.6 Å². The summed E-state index contributed by atoms with van der Waals surface area (Å²) >= 11 is 7.35. The fourth-order valence-electron chi connectivity index (χ4n) is 2.22. The van der Waals surface area contributed by atoms with Crippen LogP contribution in [-0.4, -0.2) is 36.1 Å². The highest BCUT2D eigenvalue weighted by Gasteiger charge is 2.16. The Kier molecular flexibility index (Phi) is 9.20. The molecule has 2 aromatic rings. The third-order valence-electron chi connectivity index (χ3n) is 3.47. The first-order valence-electron chi connectivity index (χ1n) is 9.30. The van der Waals surface area contributed by atoms with Crippen molar-refractivity contribution in [3.8, 4) is 5.75 Å². The Hall–Kier alpha value is -2.51. The molecule has 30 heavy (non-hydrogen) atoms. The topological polar surface area (TPSA) is 77.0 Å². The molecule has 0 heterocycles. The fraction of sp³-hybridized carbons (Fsp3) is 0.318. The molecule has 1 amide bonds. The summed E-state index contributed by atoms with van der Waals surface area (Å²) < 4.78 is 10.6. The Labute approximate surface area is 186 Å². The van der Waals surface area contributed by atoms with Gasteiger partial charge in [0, 0.05) is 10.8 Å². The molecule has 1 N–H and O–H groups in total. The zero-order chi connectivity index (χ0) is 22.0. The largest absolute Gasteiger partial charge is 0.482 e. The number of esters is 1. The summed E-state index contributed by atoms with van der Waals surface area (Å²) in [4.78, 5) is 23.5. The van der Waals surface area contributed by atoms with E-state index >= 15 is 0 Å². The number of hydrogen-bond donors (Lipinski definition) is 1. The van der Waals surface area contributed by atoms with Crippen molar-refractivity contribution in [1.82, 2.24) is 5.43 Å². The van der Waals surface area contributed by atoms with Gasteiger partial charge in [0.15, 0.2) is 6.61 Å². The molecule has 160 valence electrons. The van der Waals surface area contributed by atoms with E-state index in [4.69, 9.17) is 21.1 Å². The van der Waals surface area contributed by atoms with Crippen molar-refractivity contribution < 1.29 is 19.1 Å². The molecular weight excluding hydrogens is 424 g/mol. The molecule has 0 unspecified atom stereocenters. The van der Waals surface area contributed by atoms with Crippen molar-refractivity contribution in [2.24, 2.45) is 5.10 Å². The van der Waals surface area contributed by atoms with Gasteiger partial charge in [-0.15, -0.1) is 11.8 Å². The molecule has 0 spiro atoms. The second-order valence-corrected chi connectivity index (χ2v) is 8.78. The van der Waals surface area contributed by atoms with Gasteiger partial charge in [-0.25, -0.2) is 10.2 Å². The molecule has 0 aliphatic carbocycles. The molecule has 8 heteroatoms. The van der Waals surface area contributed by atoms with Gasteiger partial charge in [0.25, 0.3) is 0 Å². The van der Waals surface area contributed by atoms with E-state index in [0.717, 1.165) is 16.9 Å². The highest BCUT2D eigenvalue weighted by atomic mass is 35.5. The van der Waals surface area contributed by atoms with E-state index in [-0.39, 0.29) is 12.5 Å². The Morgan fingerprint density at radius 3 is 2.40 bits per heavy atom. The van der Waals surface area contributed by atoms with Crippen LogP contribution in [0, 0.1) is 0 Å². The van der Waals surface area contributed by atoms with Crippen molar-refractivity contribution in [3.05, 3.63) is 64.7 Å². The van der Waals surface area contributed by atoms with Crippen LogP contribution in [0.3, 0.4) is 0 Å². The lowest BCUT2D eigenvalue weighted by molar-refractivity contribution is -0.157. The molecule has 0 radical (unpaired) electrons. The maximum absolute atomic E-state index is 11.8. The van der Waals surface area contributed by atoms with Gasteiger partial charge >= 0.3 is 5.97 Å². The number of carbonyl (C=O) groups excluding carboxylic acids is 2. The molecule has 6 nitrogen and oxygen atoms in total. The molecule has 0 fully saturated rings. The SMILES string of the molecule is CC(C)(C)OC(=O)COc1ccc(/C=N\NC(=O)CSCc2ccc(Cl)cc2)cc1. The van der Waals surface area contributed by atoms with Crippen LogP contribution in [0.1, 0.15) is 31.9 Å². The minimum Gasteiger partial charge on any atom is -0.482 e. The zero-order valence-electron chi connectivity index (χ0n) is 17.2. The van der Waals surface area contributed by atoms with Crippen molar-refractivity contribution in [2.75, 3.05) is 12.4 Å². The summed E-state index contributed by atoms with van der Waals surface area (Å²) in [6.45, 7) is 5.25. The summed E-state index contributed by atoms with van der Waals surface area (Å²) in [7, 11) is 0. The summed E-state index contributed by atoms with van der Waals surface area (Å²) in [6.07, 6.45) is 1.54. The Bertz CT molecular complexity index is 862. The highest BCUT2D eigenvalue weighted by Crippen LogP contribution is 2.15. The molecule has 0 aliphatic rings. The maximum Gasteiger partial charge on any atom is 0.344 e. The quantitative estimate of drug-likeness (QED) is 0.348. The Balaban J connectivity index is 1.68. The van der Waals surface area contributed by atoms with Crippen molar-refractivity contribution in [1.29, 1.82) is 0 Å². The number of hydrazone groups is 1. The molecule has 0 saturated carbocycles. The number of halogens is 1. The Morgan fingerprint density at radius 1 is 1.10 bits per heavy atom. The van der Waals surface area contributed by atoms with E-state index in [1.165, 1.54) is 11.8 Å². The standard InChI is InChI=1S/C22H25ClN2O4S/c1-22(2,3)29-21(27)13-28-19-10-6-16(7-11-19)12-24-25-20(26)15-30-14-17-4-8-18(23)9-5-17/h4-12H,13-15H2,1-3H3,(H,25,26)/b24-12-. The van der Waals surface area contributed by atoms with E-state index in [1.54, 1.807) is 51.3 Å². The lowest BCUT2D eigenvalue weighted by Gasteiger charge is -2.19. The molecule has 0 aliphatic heterocycles. The minimum absolute atomic E-state index is 0.158. The number of benzene rings is 2. The number of nitrogens with one attached hydrogen (secondary N) is 1. The first-order valence-corrected chi connectivity index (χ1v) is 10.8. The average Bonchev–Trinajstić information content (AvgIpc) is 2.68. The predicted molar refractivity (Wildman–Crippen MR) is 121 cm³/mol. The van der Waals surface area contributed by atoms with Crippen LogP contribution in [0.2, 0.25) is 5.02 Å². The number of rotatable bonds is 9. The average molecular weight is 449 g/mol. The van der Waals surface area contributed by atoms with Crippen molar-refractivity contribution in [3.63, 3.8) is 0 Å². The van der Waals surface area contributed by atoms with Crippen molar-refractivity contribution >= 4 is 41.5 Å². The normalized spacial score (nSPS) is 11.3. The van der Waals surface area contributed by atoms with Crippen LogP contribution in [0.25, 0.3) is 0 Å². The summed E-state index contributed by atoms with van der Waals surface area (Å²) in [5.41, 5.74) is 3.85. The van der Waals surface area contributed by atoms with Gasteiger partial charge < -0.3 is 9.47 Å². The maximum atomic E-state index is 11.8. The third-order valence-corrected chi connectivity index (χ3v) is 4.73. The van der Waals surface area contributed by atoms with Gasteiger partial charge in [-0.05, 0) is 68.3 Å². The first-order chi connectivity index (χ1) is 14.2. The second kappa shape index (κ2) is 11.6. The van der Waals surface area contributed by atoms with Gasteiger partial charge in [-0.1, -0.05) is 23.7 Å². The van der Waals surface area contributed by atoms with Gasteiger partial charge in [0.1, 0.15) is 11.4 Å². The van der Waals surface area contributed by atoms with E-state index in [9.17, 15) is 9.59 Å². The van der Waals surface area contributed by atoms with Crippen LogP contribution in [-0.2, 0) is 20.1 Å². The molecule has 0 bridgehead atoms. The lowest BCUT2D eigenvalue weighted by atomic mass is 10.2. The van der Waals surface area contributed by atoms with Gasteiger partial charge in [-0.2, -0.15) is 5.10 Å². The number of ether oxygens (including phenoxy) is 2. The van der Waals surface area contributed by atoms with E-state index < -0.39 is 11.6 Å². The third kappa shape index (κ3) is 9.80. The van der Waals surface area contributed by atoms with Crippen LogP contribution in [0.5, 0.6) is 5.75 Å². The van der Waals surface area contributed by atoms with Gasteiger partial charge in [-0.3, -0.25) is 4.79 Å². The van der Waals surface area contributed by atoms with E-state index in [2.05, 4.69) is 10.5 Å². The number of hydrogen-bond acceptors (Lipinski definition) is 6. The highest BCUT2D eigenvalue weighted by molar-refractivity contribution is 7.99. The van der Waals surface area contributed by atoms with E-state index in [1.807, 2.05) is 24.3 Å². The smallest absolute Gasteiger partial charge is 0.344 e. The molecule has 0 atom stereocenters. The summed E-state index contributed by atoms with van der Waals surface area (Å²) in [5, 5.41) is 4.65. The number of amides is 1. The second-order valence-electron chi connectivity index (χ2n) is 7.36. The molecule has 2 rings (SSSR count). The fourth-order valence-corrected chi connectivity index (χ4v) is 3.12. The molecule has 2 aromatic carbocycles.